The zero-order valence-corrected chi connectivity index (χ0v) is 13.6. The third-order valence-corrected chi connectivity index (χ3v) is 6.91. The molecule has 1 fully saturated rings. The average Bonchev–Trinajstić information content (AvgIpc) is 3.05. The Morgan fingerprint density at radius 3 is 2.48 bits per heavy atom. The average molecular weight is 304 g/mol. The second kappa shape index (κ2) is 7.30. The Hall–Kier alpha value is -1.03. The standard InChI is InChI=1S/C18H24O2S/c1-19-10-11-20-14-15-8-9-18(21-12-4-5-13-21)17-7-3-2-6-16(15)17/h2-3,6-9,21H,4-5,10-14H2,1H3. The van der Waals surface area contributed by atoms with Gasteiger partial charge in [0.25, 0.3) is 0 Å². The van der Waals surface area contributed by atoms with Gasteiger partial charge in [-0.1, -0.05) is 30.3 Å². The first-order valence-electron chi connectivity index (χ1n) is 7.72. The summed E-state index contributed by atoms with van der Waals surface area (Å²) in [6.45, 7) is 1.97. The molecule has 2 aromatic rings. The number of thiol groups is 1. The number of hydrogen-bond donors (Lipinski definition) is 1. The normalized spacial score (nSPS) is 16.7. The summed E-state index contributed by atoms with van der Waals surface area (Å²) in [6, 6.07) is 13.4. The third kappa shape index (κ3) is 3.42. The Kier molecular flexibility index (Phi) is 5.17. The lowest BCUT2D eigenvalue weighted by Gasteiger charge is -2.19. The van der Waals surface area contributed by atoms with Gasteiger partial charge in [0, 0.05) is 7.11 Å². The first-order chi connectivity index (χ1) is 10.4. The van der Waals surface area contributed by atoms with Crippen molar-refractivity contribution >= 4 is 21.7 Å². The molecule has 0 aromatic heterocycles. The number of benzene rings is 2. The Labute approximate surface area is 129 Å². The SMILES string of the molecule is COCCOCc1ccc([SH]2CCCC2)c2ccccc12. The van der Waals surface area contributed by atoms with Gasteiger partial charge < -0.3 is 9.47 Å². The Bertz CT molecular complexity index is 591. The van der Waals surface area contributed by atoms with E-state index in [1.165, 1.54) is 40.7 Å². The van der Waals surface area contributed by atoms with Gasteiger partial charge in [0.1, 0.15) is 0 Å². The van der Waals surface area contributed by atoms with Crippen LogP contribution in [-0.4, -0.2) is 31.8 Å². The van der Waals surface area contributed by atoms with Gasteiger partial charge in [0.15, 0.2) is 0 Å². The molecule has 1 aliphatic rings. The lowest BCUT2D eigenvalue weighted by atomic mass is 10.1. The number of ether oxygens (including phenoxy) is 2. The topological polar surface area (TPSA) is 18.5 Å². The lowest BCUT2D eigenvalue weighted by Crippen LogP contribution is -2.02. The van der Waals surface area contributed by atoms with Gasteiger partial charge in [-0.15, -0.1) is 0 Å². The molecule has 0 N–H and O–H groups in total. The van der Waals surface area contributed by atoms with E-state index in [2.05, 4.69) is 36.4 Å². The molecule has 3 heteroatoms. The first-order valence-corrected chi connectivity index (χ1v) is 9.43. The minimum absolute atomic E-state index is 0.0681. The molecule has 114 valence electrons. The second-order valence-electron chi connectivity index (χ2n) is 5.53. The van der Waals surface area contributed by atoms with Crippen molar-refractivity contribution in [2.24, 2.45) is 0 Å². The molecule has 0 amide bonds. The summed E-state index contributed by atoms with van der Waals surface area (Å²) < 4.78 is 10.7. The first kappa shape index (κ1) is 14.9. The summed E-state index contributed by atoms with van der Waals surface area (Å²) in [5.41, 5.74) is 1.29. The molecule has 3 rings (SSSR count). The molecule has 2 aromatic carbocycles. The largest absolute Gasteiger partial charge is 0.382 e. The molecular weight excluding hydrogens is 280 g/mol. The summed E-state index contributed by atoms with van der Waals surface area (Å²) >= 11 is 0. The van der Waals surface area contributed by atoms with E-state index in [0.717, 1.165) is 0 Å². The number of hydrogen-bond acceptors (Lipinski definition) is 2. The van der Waals surface area contributed by atoms with E-state index in [9.17, 15) is 0 Å². The fourth-order valence-corrected chi connectivity index (χ4v) is 5.77. The summed E-state index contributed by atoms with van der Waals surface area (Å²) in [5, 5.41) is 2.81. The summed E-state index contributed by atoms with van der Waals surface area (Å²) in [4.78, 5) is 1.60. The molecule has 0 spiro atoms. The highest BCUT2D eigenvalue weighted by Gasteiger charge is 2.16. The molecule has 0 radical (unpaired) electrons. The van der Waals surface area contributed by atoms with Gasteiger partial charge in [-0.3, -0.25) is 0 Å². The fraction of sp³-hybridized carbons (Fsp3) is 0.444. The maximum absolute atomic E-state index is 5.71. The summed E-state index contributed by atoms with van der Waals surface area (Å²) in [5.74, 6) is 2.81. The van der Waals surface area contributed by atoms with Gasteiger partial charge in [0.2, 0.25) is 0 Å². The van der Waals surface area contributed by atoms with Crippen LogP contribution in [0, 0.1) is 0 Å². The van der Waals surface area contributed by atoms with Crippen molar-refractivity contribution in [3.63, 3.8) is 0 Å². The molecule has 0 atom stereocenters. The summed E-state index contributed by atoms with van der Waals surface area (Å²) in [6.07, 6.45) is 2.81. The van der Waals surface area contributed by atoms with Crippen LogP contribution in [0.2, 0.25) is 0 Å². The maximum atomic E-state index is 5.71. The van der Waals surface area contributed by atoms with Crippen LogP contribution in [0.25, 0.3) is 10.8 Å². The van der Waals surface area contributed by atoms with Crippen LogP contribution < -0.4 is 0 Å². The molecular formula is C18H24O2S. The fourth-order valence-electron chi connectivity index (χ4n) is 3.03. The van der Waals surface area contributed by atoms with Crippen LogP contribution in [0.15, 0.2) is 41.3 Å². The van der Waals surface area contributed by atoms with Crippen LogP contribution in [0.1, 0.15) is 18.4 Å². The molecule has 2 nitrogen and oxygen atoms in total. The van der Waals surface area contributed by atoms with Crippen LogP contribution in [0.4, 0.5) is 0 Å². The van der Waals surface area contributed by atoms with Crippen molar-refractivity contribution in [1.82, 2.24) is 0 Å². The van der Waals surface area contributed by atoms with Gasteiger partial charge >= 0.3 is 0 Å². The zero-order valence-electron chi connectivity index (χ0n) is 12.7. The van der Waals surface area contributed by atoms with E-state index in [-0.39, 0.29) is 10.9 Å². The highest BCUT2D eigenvalue weighted by Crippen LogP contribution is 2.46. The van der Waals surface area contributed by atoms with Crippen molar-refractivity contribution in [3.8, 4) is 0 Å². The van der Waals surface area contributed by atoms with Crippen molar-refractivity contribution in [3.05, 3.63) is 42.0 Å². The van der Waals surface area contributed by atoms with Crippen LogP contribution in [-0.2, 0) is 16.1 Å². The number of rotatable bonds is 6. The van der Waals surface area contributed by atoms with E-state index in [1.807, 2.05) is 0 Å². The Morgan fingerprint density at radius 1 is 0.952 bits per heavy atom. The molecule has 0 unspecified atom stereocenters. The van der Waals surface area contributed by atoms with Crippen molar-refractivity contribution in [2.45, 2.75) is 24.3 Å². The lowest BCUT2D eigenvalue weighted by molar-refractivity contribution is 0.0621. The molecule has 0 saturated carbocycles. The van der Waals surface area contributed by atoms with Crippen LogP contribution >= 0.6 is 10.9 Å². The van der Waals surface area contributed by atoms with Crippen LogP contribution in [0.3, 0.4) is 0 Å². The van der Waals surface area contributed by atoms with E-state index < -0.39 is 0 Å². The van der Waals surface area contributed by atoms with Gasteiger partial charge in [0.05, 0.1) is 19.8 Å². The van der Waals surface area contributed by atoms with Crippen molar-refractivity contribution in [2.75, 3.05) is 31.8 Å². The van der Waals surface area contributed by atoms with E-state index in [0.29, 0.717) is 19.8 Å². The highest BCUT2D eigenvalue weighted by atomic mass is 32.2. The van der Waals surface area contributed by atoms with E-state index >= 15 is 0 Å². The minimum Gasteiger partial charge on any atom is -0.382 e. The number of methoxy groups -OCH3 is 1. The molecule has 21 heavy (non-hydrogen) atoms. The van der Waals surface area contributed by atoms with Crippen LogP contribution in [0.5, 0.6) is 0 Å². The third-order valence-electron chi connectivity index (χ3n) is 4.13. The predicted molar refractivity (Wildman–Crippen MR) is 91.7 cm³/mol. The quantitative estimate of drug-likeness (QED) is 0.638. The van der Waals surface area contributed by atoms with E-state index in [4.69, 9.17) is 9.47 Å². The Balaban J connectivity index is 1.87. The second-order valence-corrected chi connectivity index (χ2v) is 7.98. The van der Waals surface area contributed by atoms with Gasteiger partial charge in [-0.05, 0) is 51.6 Å². The maximum Gasteiger partial charge on any atom is 0.0724 e. The smallest absolute Gasteiger partial charge is 0.0724 e. The Morgan fingerprint density at radius 2 is 1.71 bits per heavy atom. The monoisotopic (exact) mass is 304 g/mol. The highest BCUT2D eigenvalue weighted by molar-refractivity contribution is 8.17. The van der Waals surface area contributed by atoms with Gasteiger partial charge in [-0.2, -0.15) is 0 Å². The molecule has 0 aliphatic carbocycles. The van der Waals surface area contributed by atoms with Crippen molar-refractivity contribution < 1.29 is 9.47 Å². The predicted octanol–water partition coefficient (Wildman–Crippen LogP) is 4.16. The molecule has 1 heterocycles. The van der Waals surface area contributed by atoms with Crippen molar-refractivity contribution in [1.29, 1.82) is 0 Å². The summed E-state index contributed by atoms with van der Waals surface area (Å²) in [7, 11) is 1.77. The minimum atomic E-state index is 0.0681. The zero-order chi connectivity index (χ0) is 14.5. The molecule has 1 saturated heterocycles. The van der Waals surface area contributed by atoms with E-state index in [1.54, 1.807) is 12.0 Å². The number of fused-ring (bicyclic) bond motifs is 1. The molecule has 1 aliphatic heterocycles. The molecule has 0 bridgehead atoms. The van der Waals surface area contributed by atoms with Gasteiger partial charge in [-0.25, -0.2) is 10.9 Å².